The maximum Gasteiger partial charge on any atom is 0.109 e. The van der Waals surface area contributed by atoms with Crippen molar-refractivity contribution in [3.8, 4) is 0 Å². The first kappa shape index (κ1) is 12.0. The van der Waals surface area contributed by atoms with E-state index in [4.69, 9.17) is 0 Å². The van der Waals surface area contributed by atoms with E-state index in [9.17, 15) is 0 Å². The van der Waals surface area contributed by atoms with E-state index in [1.165, 1.54) is 5.39 Å². The Labute approximate surface area is 106 Å². The first-order chi connectivity index (χ1) is 8.90. The monoisotopic (exact) mass is 237 g/mol. The summed E-state index contributed by atoms with van der Waals surface area (Å²) < 4.78 is 0. The number of fused-ring (bicyclic) bond motifs is 1. The summed E-state index contributed by atoms with van der Waals surface area (Å²) in [6.07, 6.45) is 7.99. The molecule has 0 aliphatic heterocycles. The number of nitrogens with zero attached hydrogens (tertiary/aromatic N) is 2. The molecular formula is C15H15N3. The summed E-state index contributed by atoms with van der Waals surface area (Å²) in [4.78, 5) is 11.1. The Morgan fingerprint density at radius 2 is 1.89 bits per heavy atom. The molecule has 0 aliphatic carbocycles. The maximum atomic E-state index is 4.18. The van der Waals surface area contributed by atoms with Crippen LogP contribution in [0.2, 0.25) is 0 Å². The van der Waals surface area contributed by atoms with Crippen molar-refractivity contribution in [1.82, 2.24) is 15.0 Å². The molecule has 0 fully saturated rings. The summed E-state index contributed by atoms with van der Waals surface area (Å²) in [6, 6.07) is 12.1. The van der Waals surface area contributed by atoms with Crippen LogP contribution in [0.3, 0.4) is 0 Å². The van der Waals surface area contributed by atoms with E-state index in [-0.39, 0.29) is 0 Å². The fourth-order valence-corrected chi connectivity index (χ4v) is 1.56. The van der Waals surface area contributed by atoms with Gasteiger partial charge in [0.2, 0.25) is 0 Å². The standard InChI is InChI=1S/C9H7N.C6H8N2/c1-2-6-9-8(4-1)5-3-7-10-9;1-2-3-6-7-4-5-8-6/h1-7H;2,4-5H,1,3H2,(H,7,8). The van der Waals surface area contributed by atoms with Crippen LogP contribution in [-0.2, 0) is 6.42 Å². The summed E-state index contributed by atoms with van der Waals surface area (Å²) in [5.74, 6) is 0.972. The van der Waals surface area contributed by atoms with Gasteiger partial charge in [-0.15, -0.1) is 6.58 Å². The Kier molecular flexibility index (Phi) is 4.25. The van der Waals surface area contributed by atoms with Gasteiger partial charge in [-0.2, -0.15) is 0 Å². The smallest absolute Gasteiger partial charge is 0.109 e. The van der Waals surface area contributed by atoms with Gasteiger partial charge in [0.05, 0.1) is 5.52 Å². The first-order valence-corrected chi connectivity index (χ1v) is 5.79. The minimum atomic E-state index is 0.826. The van der Waals surface area contributed by atoms with E-state index in [0.717, 1.165) is 17.8 Å². The van der Waals surface area contributed by atoms with Crippen molar-refractivity contribution >= 4 is 10.9 Å². The van der Waals surface area contributed by atoms with Gasteiger partial charge in [0.15, 0.2) is 0 Å². The lowest BCUT2D eigenvalue weighted by Crippen LogP contribution is -1.80. The number of aromatic amines is 1. The van der Waals surface area contributed by atoms with Gasteiger partial charge in [-0.05, 0) is 12.1 Å². The zero-order valence-electron chi connectivity index (χ0n) is 10.1. The second kappa shape index (κ2) is 6.35. The number of nitrogens with one attached hydrogen (secondary N) is 1. The maximum absolute atomic E-state index is 4.18. The highest BCUT2D eigenvalue weighted by Crippen LogP contribution is 2.07. The fourth-order valence-electron chi connectivity index (χ4n) is 1.56. The largest absolute Gasteiger partial charge is 0.348 e. The number of rotatable bonds is 2. The number of benzene rings is 1. The van der Waals surface area contributed by atoms with E-state index in [0.29, 0.717) is 0 Å². The minimum absolute atomic E-state index is 0.826. The lowest BCUT2D eigenvalue weighted by molar-refractivity contribution is 1.06. The van der Waals surface area contributed by atoms with E-state index >= 15 is 0 Å². The molecular weight excluding hydrogens is 222 g/mol. The molecule has 0 amide bonds. The number of hydrogen-bond acceptors (Lipinski definition) is 2. The molecule has 0 aliphatic rings. The van der Waals surface area contributed by atoms with Crippen molar-refractivity contribution in [2.45, 2.75) is 6.42 Å². The Hall–Kier alpha value is -2.42. The average molecular weight is 237 g/mol. The lowest BCUT2D eigenvalue weighted by atomic mass is 10.2. The molecule has 0 unspecified atom stereocenters. The number of allylic oxidation sites excluding steroid dienone is 1. The molecule has 1 aromatic carbocycles. The molecule has 2 heterocycles. The summed E-state index contributed by atoms with van der Waals surface area (Å²) in [5.41, 5.74) is 1.06. The molecule has 0 saturated heterocycles. The normalized spacial score (nSPS) is 9.56. The van der Waals surface area contributed by atoms with Crippen molar-refractivity contribution in [3.05, 3.63) is 73.5 Å². The van der Waals surface area contributed by atoms with Crippen LogP contribution in [0.5, 0.6) is 0 Å². The summed E-state index contributed by atoms with van der Waals surface area (Å²) in [5, 5.41) is 1.20. The van der Waals surface area contributed by atoms with Gasteiger partial charge in [-0.25, -0.2) is 4.98 Å². The molecule has 1 N–H and O–H groups in total. The van der Waals surface area contributed by atoms with Crippen molar-refractivity contribution in [1.29, 1.82) is 0 Å². The topological polar surface area (TPSA) is 41.6 Å². The highest BCUT2D eigenvalue weighted by Gasteiger charge is 1.86. The van der Waals surface area contributed by atoms with Gasteiger partial charge in [-0.3, -0.25) is 4.98 Å². The van der Waals surface area contributed by atoms with E-state index in [2.05, 4.69) is 33.7 Å². The number of para-hydroxylation sites is 1. The van der Waals surface area contributed by atoms with Crippen LogP contribution >= 0.6 is 0 Å². The Morgan fingerprint density at radius 3 is 2.61 bits per heavy atom. The van der Waals surface area contributed by atoms with E-state index < -0.39 is 0 Å². The summed E-state index contributed by atoms with van der Waals surface area (Å²) in [7, 11) is 0. The molecule has 0 radical (unpaired) electrons. The predicted octanol–water partition coefficient (Wildman–Crippen LogP) is 3.37. The third-order valence-corrected chi connectivity index (χ3v) is 2.40. The predicted molar refractivity (Wildman–Crippen MR) is 74.2 cm³/mol. The molecule has 2 aromatic heterocycles. The Morgan fingerprint density at radius 1 is 1.06 bits per heavy atom. The van der Waals surface area contributed by atoms with Gasteiger partial charge >= 0.3 is 0 Å². The van der Waals surface area contributed by atoms with Gasteiger partial charge in [0.25, 0.3) is 0 Å². The molecule has 0 atom stereocenters. The number of hydrogen-bond donors (Lipinski definition) is 1. The SMILES string of the molecule is C=CCc1ncc[nH]1.c1ccc2ncccc2c1. The number of pyridine rings is 1. The molecule has 0 bridgehead atoms. The highest BCUT2D eigenvalue weighted by molar-refractivity contribution is 5.77. The second-order valence-corrected chi connectivity index (χ2v) is 3.72. The average Bonchev–Trinajstić information content (AvgIpc) is 2.93. The minimum Gasteiger partial charge on any atom is -0.348 e. The van der Waals surface area contributed by atoms with Crippen molar-refractivity contribution < 1.29 is 0 Å². The molecule has 3 nitrogen and oxygen atoms in total. The highest BCUT2D eigenvalue weighted by atomic mass is 14.9. The van der Waals surface area contributed by atoms with Crippen molar-refractivity contribution in [3.63, 3.8) is 0 Å². The van der Waals surface area contributed by atoms with Crippen LogP contribution in [-0.4, -0.2) is 15.0 Å². The van der Waals surface area contributed by atoms with Crippen LogP contribution in [0.4, 0.5) is 0 Å². The van der Waals surface area contributed by atoms with E-state index in [1.807, 2.05) is 36.5 Å². The van der Waals surface area contributed by atoms with Crippen LogP contribution < -0.4 is 0 Å². The molecule has 3 rings (SSSR count). The second-order valence-electron chi connectivity index (χ2n) is 3.72. The number of H-pyrrole nitrogens is 1. The van der Waals surface area contributed by atoms with Crippen LogP contribution in [0.15, 0.2) is 67.6 Å². The van der Waals surface area contributed by atoms with Crippen molar-refractivity contribution in [2.24, 2.45) is 0 Å². The summed E-state index contributed by atoms with van der Waals surface area (Å²) >= 11 is 0. The number of imidazole rings is 1. The number of aromatic nitrogens is 3. The van der Waals surface area contributed by atoms with Gasteiger partial charge in [0.1, 0.15) is 5.82 Å². The first-order valence-electron chi connectivity index (χ1n) is 5.79. The van der Waals surface area contributed by atoms with Crippen LogP contribution in [0, 0.1) is 0 Å². The lowest BCUT2D eigenvalue weighted by Gasteiger charge is -1.91. The third-order valence-electron chi connectivity index (χ3n) is 2.40. The Balaban J connectivity index is 0.000000138. The zero-order chi connectivity index (χ0) is 12.6. The van der Waals surface area contributed by atoms with E-state index in [1.54, 1.807) is 12.4 Å². The molecule has 3 aromatic rings. The molecule has 90 valence electrons. The Bertz CT molecular complexity index is 534. The quantitative estimate of drug-likeness (QED) is 0.694. The van der Waals surface area contributed by atoms with Crippen LogP contribution in [0.1, 0.15) is 5.82 Å². The third kappa shape index (κ3) is 3.28. The van der Waals surface area contributed by atoms with Crippen molar-refractivity contribution in [2.75, 3.05) is 0 Å². The summed E-state index contributed by atoms with van der Waals surface area (Å²) in [6.45, 7) is 3.58. The van der Waals surface area contributed by atoms with Gasteiger partial charge in [-0.1, -0.05) is 30.3 Å². The fraction of sp³-hybridized carbons (Fsp3) is 0.0667. The van der Waals surface area contributed by atoms with Gasteiger partial charge in [0, 0.05) is 30.4 Å². The molecule has 3 heteroatoms. The van der Waals surface area contributed by atoms with Gasteiger partial charge < -0.3 is 4.98 Å². The zero-order valence-corrected chi connectivity index (χ0v) is 10.1. The van der Waals surface area contributed by atoms with Crippen LogP contribution in [0.25, 0.3) is 10.9 Å². The molecule has 0 saturated carbocycles. The molecule has 18 heavy (non-hydrogen) atoms. The molecule has 0 spiro atoms.